The zero-order valence-corrected chi connectivity index (χ0v) is 8.46. The molecule has 0 aliphatic carbocycles. The Morgan fingerprint density at radius 2 is 2.38 bits per heavy atom. The molecule has 0 amide bonds. The van der Waals surface area contributed by atoms with Crippen LogP contribution in [-0.4, -0.2) is 30.3 Å². The highest BCUT2D eigenvalue weighted by Crippen LogP contribution is 2.35. The van der Waals surface area contributed by atoms with Crippen LogP contribution in [0.1, 0.15) is 32.6 Å². The lowest BCUT2D eigenvalue weighted by Crippen LogP contribution is -2.54. The van der Waals surface area contributed by atoms with Crippen molar-refractivity contribution in [3.63, 3.8) is 0 Å². The molecule has 3 heteroatoms. The fourth-order valence-electron chi connectivity index (χ4n) is 2.69. The second kappa shape index (κ2) is 3.56. The largest absolute Gasteiger partial charge is 0.374 e. The molecule has 2 aliphatic heterocycles. The van der Waals surface area contributed by atoms with E-state index in [0.717, 1.165) is 25.6 Å². The molecule has 76 valence electrons. The Balaban J connectivity index is 2.00. The summed E-state index contributed by atoms with van der Waals surface area (Å²) >= 11 is 0. The van der Waals surface area contributed by atoms with Crippen LogP contribution in [0, 0.1) is 5.92 Å². The average Bonchev–Trinajstić information content (AvgIpc) is 2.02. The van der Waals surface area contributed by atoms with Crippen molar-refractivity contribution >= 4 is 0 Å². The number of ether oxygens (including phenoxy) is 1. The van der Waals surface area contributed by atoms with Crippen molar-refractivity contribution in [3.05, 3.63) is 0 Å². The van der Waals surface area contributed by atoms with E-state index in [4.69, 9.17) is 10.6 Å². The van der Waals surface area contributed by atoms with E-state index < -0.39 is 0 Å². The van der Waals surface area contributed by atoms with Crippen molar-refractivity contribution in [2.24, 2.45) is 11.8 Å². The SMILES string of the molecule is CC1CCOC2(CCCN(N)C2)C1. The van der Waals surface area contributed by atoms with Gasteiger partial charge in [0.1, 0.15) is 0 Å². The van der Waals surface area contributed by atoms with Gasteiger partial charge >= 0.3 is 0 Å². The van der Waals surface area contributed by atoms with Gasteiger partial charge in [0.05, 0.1) is 5.60 Å². The van der Waals surface area contributed by atoms with Gasteiger partial charge in [-0.25, -0.2) is 5.01 Å². The van der Waals surface area contributed by atoms with Gasteiger partial charge in [-0.2, -0.15) is 0 Å². The first-order valence-electron chi connectivity index (χ1n) is 5.34. The van der Waals surface area contributed by atoms with E-state index in [1.165, 1.54) is 25.7 Å². The molecule has 2 aliphatic rings. The predicted molar refractivity (Wildman–Crippen MR) is 52.1 cm³/mol. The van der Waals surface area contributed by atoms with Crippen LogP contribution < -0.4 is 5.84 Å². The molecule has 2 heterocycles. The van der Waals surface area contributed by atoms with Gasteiger partial charge in [-0.15, -0.1) is 0 Å². The molecular formula is C10H20N2O. The van der Waals surface area contributed by atoms with Crippen molar-refractivity contribution in [3.8, 4) is 0 Å². The summed E-state index contributed by atoms with van der Waals surface area (Å²) in [6.07, 6.45) is 4.79. The molecule has 2 fully saturated rings. The smallest absolute Gasteiger partial charge is 0.0825 e. The van der Waals surface area contributed by atoms with E-state index in [2.05, 4.69) is 6.92 Å². The fraction of sp³-hybridized carbons (Fsp3) is 1.00. The Labute approximate surface area is 80.2 Å². The minimum Gasteiger partial charge on any atom is -0.374 e. The van der Waals surface area contributed by atoms with Crippen molar-refractivity contribution < 1.29 is 4.74 Å². The molecule has 0 aromatic carbocycles. The second-order valence-corrected chi connectivity index (χ2v) is 4.70. The third kappa shape index (κ3) is 2.03. The topological polar surface area (TPSA) is 38.5 Å². The summed E-state index contributed by atoms with van der Waals surface area (Å²) in [5.41, 5.74) is 0.102. The molecule has 13 heavy (non-hydrogen) atoms. The molecule has 0 radical (unpaired) electrons. The van der Waals surface area contributed by atoms with Crippen LogP contribution in [0.3, 0.4) is 0 Å². The number of hydrazine groups is 1. The van der Waals surface area contributed by atoms with Crippen molar-refractivity contribution in [2.75, 3.05) is 19.7 Å². The third-order valence-corrected chi connectivity index (χ3v) is 3.31. The van der Waals surface area contributed by atoms with Crippen LogP contribution in [-0.2, 0) is 4.74 Å². The van der Waals surface area contributed by atoms with Gasteiger partial charge < -0.3 is 4.74 Å². The lowest BCUT2D eigenvalue weighted by atomic mass is 9.82. The van der Waals surface area contributed by atoms with E-state index in [-0.39, 0.29) is 5.60 Å². The minimum absolute atomic E-state index is 0.102. The van der Waals surface area contributed by atoms with Crippen molar-refractivity contribution in [2.45, 2.75) is 38.2 Å². The van der Waals surface area contributed by atoms with E-state index >= 15 is 0 Å². The van der Waals surface area contributed by atoms with E-state index in [1.54, 1.807) is 0 Å². The zero-order chi connectivity index (χ0) is 9.31. The maximum Gasteiger partial charge on any atom is 0.0825 e. The molecule has 0 bridgehead atoms. The summed E-state index contributed by atoms with van der Waals surface area (Å²) < 4.78 is 5.93. The van der Waals surface area contributed by atoms with Crippen LogP contribution in [0.5, 0.6) is 0 Å². The van der Waals surface area contributed by atoms with E-state index in [1.807, 2.05) is 5.01 Å². The van der Waals surface area contributed by atoms with Gasteiger partial charge in [0.2, 0.25) is 0 Å². The molecule has 2 atom stereocenters. The molecule has 3 nitrogen and oxygen atoms in total. The highest BCUT2D eigenvalue weighted by Gasteiger charge is 2.39. The second-order valence-electron chi connectivity index (χ2n) is 4.70. The van der Waals surface area contributed by atoms with Gasteiger partial charge in [0.15, 0.2) is 0 Å². The van der Waals surface area contributed by atoms with Crippen LogP contribution >= 0.6 is 0 Å². The first-order chi connectivity index (χ1) is 6.20. The lowest BCUT2D eigenvalue weighted by Gasteiger charge is -2.45. The Bertz CT molecular complexity index is 164. The quantitative estimate of drug-likeness (QED) is 0.574. The first-order valence-corrected chi connectivity index (χ1v) is 5.34. The van der Waals surface area contributed by atoms with Crippen LogP contribution in [0.25, 0.3) is 0 Å². The Morgan fingerprint density at radius 3 is 3.08 bits per heavy atom. The zero-order valence-electron chi connectivity index (χ0n) is 8.46. The Hall–Kier alpha value is -0.120. The summed E-state index contributed by atoms with van der Waals surface area (Å²) in [7, 11) is 0. The standard InChI is InChI=1S/C10H20N2O/c1-9-3-6-13-10(7-9)4-2-5-12(11)8-10/h9H,2-8,11H2,1H3. The first kappa shape index (κ1) is 9.44. The van der Waals surface area contributed by atoms with Gasteiger partial charge in [-0.3, -0.25) is 5.84 Å². The Kier molecular flexibility index (Phi) is 2.58. The summed E-state index contributed by atoms with van der Waals surface area (Å²) in [5.74, 6) is 6.64. The maximum absolute atomic E-state index is 5.93. The average molecular weight is 184 g/mol. The summed E-state index contributed by atoms with van der Waals surface area (Å²) in [6.45, 7) is 5.20. The van der Waals surface area contributed by atoms with Crippen molar-refractivity contribution in [1.29, 1.82) is 0 Å². The molecular weight excluding hydrogens is 164 g/mol. The van der Waals surface area contributed by atoms with Gasteiger partial charge in [0.25, 0.3) is 0 Å². The molecule has 0 saturated carbocycles. The van der Waals surface area contributed by atoms with Crippen molar-refractivity contribution in [1.82, 2.24) is 5.01 Å². The van der Waals surface area contributed by atoms with E-state index in [0.29, 0.717) is 0 Å². The summed E-state index contributed by atoms with van der Waals surface area (Å²) in [4.78, 5) is 0. The van der Waals surface area contributed by atoms with Gasteiger partial charge in [-0.1, -0.05) is 6.92 Å². The number of nitrogens with zero attached hydrogens (tertiary/aromatic N) is 1. The highest BCUT2D eigenvalue weighted by atomic mass is 16.5. The summed E-state index contributed by atoms with van der Waals surface area (Å²) in [6, 6.07) is 0. The van der Waals surface area contributed by atoms with Gasteiger partial charge in [-0.05, 0) is 31.6 Å². The van der Waals surface area contributed by atoms with Crippen LogP contribution in [0.4, 0.5) is 0 Å². The number of hydrogen-bond acceptors (Lipinski definition) is 3. The normalized spacial score (nSPS) is 42.5. The predicted octanol–water partition coefficient (Wildman–Crippen LogP) is 1.14. The number of rotatable bonds is 0. The number of piperidine rings is 1. The fourth-order valence-corrected chi connectivity index (χ4v) is 2.69. The van der Waals surface area contributed by atoms with E-state index in [9.17, 15) is 0 Å². The molecule has 1 spiro atoms. The molecule has 2 rings (SSSR count). The minimum atomic E-state index is 0.102. The highest BCUT2D eigenvalue weighted by molar-refractivity contribution is 4.91. The monoisotopic (exact) mass is 184 g/mol. The molecule has 0 aromatic rings. The Morgan fingerprint density at radius 1 is 1.54 bits per heavy atom. The summed E-state index contributed by atoms with van der Waals surface area (Å²) in [5, 5.41) is 1.92. The molecule has 2 N–H and O–H groups in total. The molecule has 0 aromatic heterocycles. The number of nitrogens with two attached hydrogens (primary N) is 1. The lowest BCUT2D eigenvalue weighted by molar-refractivity contribution is -0.130. The van der Waals surface area contributed by atoms with Crippen LogP contribution in [0.15, 0.2) is 0 Å². The maximum atomic E-state index is 5.93. The molecule has 2 saturated heterocycles. The molecule has 2 unspecified atom stereocenters. The van der Waals surface area contributed by atoms with Gasteiger partial charge in [0, 0.05) is 19.7 Å². The van der Waals surface area contributed by atoms with Crippen LogP contribution in [0.2, 0.25) is 0 Å². The number of hydrogen-bond donors (Lipinski definition) is 1. The third-order valence-electron chi connectivity index (χ3n) is 3.31.